The van der Waals surface area contributed by atoms with E-state index in [9.17, 15) is 19.2 Å². The van der Waals surface area contributed by atoms with E-state index in [4.69, 9.17) is 4.74 Å². The fourth-order valence-corrected chi connectivity index (χ4v) is 3.74. The lowest BCUT2D eigenvalue weighted by atomic mass is 9.99. The summed E-state index contributed by atoms with van der Waals surface area (Å²) in [6, 6.07) is 14.0. The molecular formula is C27H33N3O5. The molecule has 8 heteroatoms. The molecule has 2 aromatic carbocycles. The Morgan fingerprint density at radius 1 is 0.914 bits per heavy atom. The summed E-state index contributed by atoms with van der Waals surface area (Å²) >= 11 is 0. The molecule has 35 heavy (non-hydrogen) atoms. The fourth-order valence-electron chi connectivity index (χ4n) is 3.74. The molecule has 0 aromatic heterocycles. The number of nitrogens with one attached hydrogen (secondary N) is 3. The highest BCUT2D eigenvalue weighted by Crippen LogP contribution is 2.19. The number of carbonyl (C=O) groups is 4. The van der Waals surface area contributed by atoms with E-state index in [0.717, 1.165) is 18.4 Å². The summed E-state index contributed by atoms with van der Waals surface area (Å²) in [4.78, 5) is 51.8. The highest BCUT2D eigenvalue weighted by atomic mass is 16.5. The number of rotatable bonds is 12. The number of methoxy groups -OCH3 is 1. The van der Waals surface area contributed by atoms with Gasteiger partial charge in [-0.15, -0.1) is 0 Å². The predicted molar refractivity (Wildman–Crippen MR) is 132 cm³/mol. The standard InChI is InChI=1S/C27H33N3O5/c1-17(2)15-22(30-25(32)20-11-7-8-12-23(20)35-3)26(33)29-21(16-18-9-5-4-6-10-18)24(31)27(34)28-19-13-14-19/h4-12,17,19,21-22H,13-16H2,1-3H3,(H,28,34)(H,29,33)(H,30,32)/t21-,22-/m0/s1. The van der Waals surface area contributed by atoms with Gasteiger partial charge in [-0.25, -0.2) is 0 Å². The average Bonchev–Trinajstić information content (AvgIpc) is 3.66. The van der Waals surface area contributed by atoms with Crippen molar-refractivity contribution in [1.29, 1.82) is 0 Å². The van der Waals surface area contributed by atoms with Crippen molar-refractivity contribution in [3.63, 3.8) is 0 Å². The molecule has 3 rings (SSSR count). The zero-order valence-corrected chi connectivity index (χ0v) is 20.4. The summed E-state index contributed by atoms with van der Waals surface area (Å²) in [5.74, 6) is -1.90. The zero-order valence-electron chi connectivity index (χ0n) is 20.4. The van der Waals surface area contributed by atoms with Crippen LogP contribution in [0, 0.1) is 5.92 Å². The maximum absolute atomic E-state index is 13.3. The third-order valence-corrected chi connectivity index (χ3v) is 5.73. The second kappa shape index (κ2) is 12.1. The molecule has 1 fully saturated rings. The first-order chi connectivity index (χ1) is 16.8. The van der Waals surface area contributed by atoms with Crippen LogP contribution in [0.2, 0.25) is 0 Å². The van der Waals surface area contributed by atoms with Gasteiger partial charge in [0.2, 0.25) is 11.7 Å². The van der Waals surface area contributed by atoms with Crippen LogP contribution in [0.3, 0.4) is 0 Å². The molecule has 1 aliphatic carbocycles. The minimum Gasteiger partial charge on any atom is -0.496 e. The van der Waals surface area contributed by atoms with Crippen LogP contribution < -0.4 is 20.7 Å². The third-order valence-electron chi connectivity index (χ3n) is 5.73. The number of Topliss-reactive ketones (excluding diaryl/α,β-unsaturated/α-hetero) is 1. The van der Waals surface area contributed by atoms with Crippen molar-refractivity contribution in [2.24, 2.45) is 5.92 Å². The van der Waals surface area contributed by atoms with E-state index in [1.807, 2.05) is 44.2 Å². The highest BCUT2D eigenvalue weighted by Gasteiger charge is 2.33. The first-order valence-corrected chi connectivity index (χ1v) is 11.9. The molecule has 0 aliphatic heterocycles. The van der Waals surface area contributed by atoms with Gasteiger partial charge < -0.3 is 20.7 Å². The minimum absolute atomic E-state index is 0.0216. The maximum atomic E-state index is 13.3. The number of ether oxygens (including phenoxy) is 1. The van der Waals surface area contributed by atoms with Crippen molar-refractivity contribution in [2.75, 3.05) is 7.11 Å². The summed E-state index contributed by atoms with van der Waals surface area (Å²) < 4.78 is 5.26. The first-order valence-electron chi connectivity index (χ1n) is 11.9. The van der Waals surface area contributed by atoms with Crippen LogP contribution in [0.1, 0.15) is 49.0 Å². The molecule has 1 aliphatic rings. The van der Waals surface area contributed by atoms with E-state index < -0.39 is 35.6 Å². The normalized spacial score (nSPS) is 14.5. The van der Waals surface area contributed by atoms with E-state index in [2.05, 4.69) is 16.0 Å². The Kier molecular flexibility index (Phi) is 9.00. The largest absolute Gasteiger partial charge is 0.496 e. The van der Waals surface area contributed by atoms with E-state index >= 15 is 0 Å². The Labute approximate surface area is 205 Å². The van der Waals surface area contributed by atoms with E-state index in [1.165, 1.54) is 7.11 Å². The Hall–Kier alpha value is -3.68. The van der Waals surface area contributed by atoms with Gasteiger partial charge in [-0.3, -0.25) is 19.2 Å². The van der Waals surface area contributed by atoms with Crippen LogP contribution in [0.5, 0.6) is 5.75 Å². The molecule has 0 spiro atoms. The van der Waals surface area contributed by atoms with E-state index in [0.29, 0.717) is 17.7 Å². The van der Waals surface area contributed by atoms with Crippen molar-refractivity contribution in [2.45, 2.75) is 57.7 Å². The topological polar surface area (TPSA) is 114 Å². The molecule has 3 amide bonds. The van der Waals surface area contributed by atoms with Crippen LogP contribution in [-0.4, -0.2) is 48.7 Å². The molecule has 0 heterocycles. The summed E-state index contributed by atoms with van der Waals surface area (Å²) in [5.41, 5.74) is 1.11. The predicted octanol–water partition coefficient (Wildman–Crippen LogP) is 2.41. The van der Waals surface area contributed by atoms with Gasteiger partial charge >= 0.3 is 0 Å². The molecule has 0 unspecified atom stereocenters. The Balaban J connectivity index is 1.78. The summed E-state index contributed by atoms with van der Waals surface area (Å²) in [6.07, 6.45) is 2.21. The number of carbonyl (C=O) groups excluding carboxylic acids is 4. The van der Waals surface area contributed by atoms with Gasteiger partial charge in [-0.1, -0.05) is 56.3 Å². The van der Waals surface area contributed by atoms with Crippen molar-refractivity contribution in [3.8, 4) is 5.75 Å². The van der Waals surface area contributed by atoms with Gasteiger partial charge in [-0.2, -0.15) is 0 Å². The van der Waals surface area contributed by atoms with Crippen LogP contribution in [0.15, 0.2) is 54.6 Å². The van der Waals surface area contributed by atoms with Gasteiger partial charge in [0.15, 0.2) is 0 Å². The van der Waals surface area contributed by atoms with Crippen LogP contribution in [-0.2, 0) is 20.8 Å². The first kappa shape index (κ1) is 25.9. The molecule has 0 radical (unpaired) electrons. The SMILES string of the molecule is COc1ccccc1C(=O)N[C@@H](CC(C)C)C(=O)N[C@@H](Cc1ccccc1)C(=O)C(=O)NC1CC1. The molecule has 1 saturated carbocycles. The van der Waals surface area contributed by atoms with Gasteiger partial charge in [0.1, 0.15) is 17.8 Å². The lowest BCUT2D eigenvalue weighted by Crippen LogP contribution is -2.55. The molecular weight excluding hydrogens is 446 g/mol. The number of hydrogen-bond acceptors (Lipinski definition) is 5. The smallest absolute Gasteiger partial charge is 0.289 e. The van der Waals surface area contributed by atoms with Gasteiger partial charge in [0, 0.05) is 12.5 Å². The lowest BCUT2D eigenvalue weighted by Gasteiger charge is -2.24. The van der Waals surface area contributed by atoms with Crippen molar-refractivity contribution >= 4 is 23.5 Å². The molecule has 0 bridgehead atoms. The molecule has 3 N–H and O–H groups in total. The van der Waals surface area contributed by atoms with Crippen LogP contribution >= 0.6 is 0 Å². The highest BCUT2D eigenvalue weighted by molar-refractivity contribution is 6.38. The molecule has 2 atom stereocenters. The Morgan fingerprint density at radius 3 is 2.20 bits per heavy atom. The van der Waals surface area contributed by atoms with Crippen molar-refractivity contribution < 1.29 is 23.9 Å². The average molecular weight is 480 g/mol. The Morgan fingerprint density at radius 2 is 1.57 bits per heavy atom. The van der Waals surface area contributed by atoms with Crippen LogP contribution in [0.25, 0.3) is 0 Å². The lowest BCUT2D eigenvalue weighted by molar-refractivity contribution is -0.140. The number of para-hydroxylation sites is 1. The number of amides is 3. The number of ketones is 1. The second-order valence-corrected chi connectivity index (χ2v) is 9.22. The molecule has 186 valence electrons. The van der Waals surface area contributed by atoms with Crippen molar-refractivity contribution in [3.05, 3.63) is 65.7 Å². The van der Waals surface area contributed by atoms with Gasteiger partial charge in [-0.05, 0) is 42.9 Å². The summed E-state index contributed by atoms with van der Waals surface area (Å²) in [6.45, 7) is 3.87. The maximum Gasteiger partial charge on any atom is 0.289 e. The summed E-state index contributed by atoms with van der Waals surface area (Å²) in [7, 11) is 1.47. The van der Waals surface area contributed by atoms with Gasteiger partial charge in [0.25, 0.3) is 11.8 Å². The molecule has 0 saturated heterocycles. The quantitative estimate of drug-likeness (QED) is 0.405. The number of benzene rings is 2. The third kappa shape index (κ3) is 7.67. The fraction of sp³-hybridized carbons (Fsp3) is 0.407. The van der Waals surface area contributed by atoms with E-state index in [-0.39, 0.29) is 18.4 Å². The minimum atomic E-state index is -1.05. The zero-order chi connectivity index (χ0) is 25.4. The monoisotopic (exact) mass is 479 g/mol. The van der Waals surface area contributed by atoms with E-state index in [1.54, 1.807) is 24.3 Å². The molecule has 8 nitrogen and oxygen atoms in total. The Bertz CT molecular complexity index is 1050. The number of hydrogen-bond donors (Lipinski definition) is 3. The molecule has 2 aromatic rings. The van der Waals surface area contributed by atoms with Gasteiger partial charge in [0.05, 0.1) is 12.7 Å². The van der Waals surface area contributed by atoms with Crippen molar-refractivity contribution in [1.82, 2.24) is 16.0 Å². The summed E-state index contributed by atoms with van der Waals surface area (Å²) in [5, 5.41) is 8.21. The van der Waals surface area contributed by atoms with Crippen LogP contribution in [0.4, 0.5) is 0 Å². The second-order valence-electron chi connectivity index (χ2n) is 9.22.